The molecule has 0 spiro atoms. The summed E-state index contributed by atoms with van der Waals surface area (Å²) in [6.45, 7) is 0. The summed E-state index contributed by atoms with van der Waals surface area (Å²) in [4.78, 5) is 11.4. The number of hydrogen-bond donors (Lipinski definition) is 0. The molecule has 0 aliphatic carbocycles. The van der Waals surface area contributed by atoms with Crippen LogP contribution < -0.4 is 0 Å². The third-order valence-corrected chi connectivity index (χ3v) is 13.0. The van der Waals surface area contributed by atoms with Gasteiger partial charge in [0.25, 0.3) is 0 Å². The van der Waals surface area contributed by atoms with E-state index in [0.29, 0.717) is 0 Å². The van der Waals surface area contributed by atoms with Crippen LogP contribution in [0.2, 0.25) is 0 Å². The summed E-state index contributed by atoms with van der Waals surface area (Å²) in [5.74, 6) is 0.810. The van der Waals surface area contributed by atoms with E-state index in [1.165, 1.54) is 82.1 Å². The molecule has 0 unspecified atom stereocenters. The largest absolute Gasteiger partial charge is 0.308 e. The maximum absolute atomic E-state index is 5.77. The number of benzene rings is 10. The normalized spacial score (nSPS) is 12.3. The summed E-state index contributed by atoms with van der Waals surface area (Å²) >= 11 is 0. The van der Waals surface area contributed by atoms with Gasteiger partial charge in [0.05, 0.1) is 38.8 Å². The number of para-hydroxylation sites is 3. The fourth-order valence-corrected chi connectivity index (χ4v) is 10.4. The lowest BCUT2D eigenvalue weighted by Crippen LogP contribution is -2.04. The molecule has 0 fully saturated rings. The molecule has 4 heteroatoms. The Balaban J connectivity index is 1.20. The Kier molecular flexibility index (Phi) is 6.26. The second kappa shape index (κ2) is 11.8. The van der Waals surface area contributed by atoms with Crippen LogP contribution in [-0.4, -0.2) is 19.1 Å². The first-order chi connectivity index (χ1) is 29.8. The molecule has 276 valence electrons. The predicted octanol–water partition coefficient (Wildman–Crippen LogP) is 14.6. The summed E-state index contributed by atoms with van der Waals surface area (Å²) in [6.07, 6.45) is 0. The third kappa shape index (κ3) is 4.19. The Morgan fingerprint density at radius 1 is 0.367 bits per heavy atom. The Morgan fingerprint density at radius 3 is 1.80 bits per heavy atom. The van der Waals surface area contributed by atoms with Crippen molar-refractivity contribution in [3.63, 3.8) is 0 Å². The molecule has 0 atom stereocenters. The molecule has 0 radical (unpaired) electrons. The van der Waals surface area contributed by atoms with Crippen LogP contribution >= 0.6 is 0 Å². The van der Waals surface area contributed by atoms with Gasteiger partial charge in [0.2, 0.25) is 0 Å². The van der Waals surface area contributed by atoms with Crippen LogP contribution in [0, 0.1) is 0 Å². The van der Waals surface area contributed by atoms with Crippen molar-refractivity contribution in [3.8, 4) is 45.0 Å². The van der Waals surface area contributed by atoms with Gasteiger partial charge in [-0.05, 0) is 74.5 Å². The summed E-state index contributed by atoms with van der Waals surface area (Å²) < 4.78 is 4.91. The van der Waals surface area contributed by atoms with Gasteiger partial charge in [-0.2, -0.15) is 0 Å². The lowest BCUT2D eigenvalue weighted by molar-refractivity contribution is 1.08. The van der Waals surface area contributed by atoms with Gasteiger partial charge in [-0.3, -0.25) is 4.57 Å². The van der Waals surface area contributed by atoms with E-state index in [1.807, 2.05) is 0 Å². The maximum atomic E-state index is 5.77. The minimum atomic E-state index is 0.810. The minimum absolute atomic E-state index is 0.810. The van der Waals surface area contributed by atoms with Gasteiger partial charge in [0.1, 0.15) is 5.69 Å². The quantitative estimate of drug-likeness (QED) is 0.165. The van der Waals surface area contributed by atoms with Crippen molar-refractivity contribution in [2.75, 3.05) is 0 Å². The van der Waals surface area contributed by atoms with E-state index in [0.717, 1.165) is 49.9 Å². The average molecular weight is 761 g/mol. The molecule has 10 aromatic carbocycles. The molecular formula is C56H32N4. The fourth-order valence-electron chi connectivity index (χ4n) is 10.4. The lowest BCUT2D eigenvalue weighted by Gasteiger charge is -2.16. The van der Waals surface area contributed by atoms with Crippen molar-refractivity contribution in [3.05, 3.63) is 194 Å². The Labute approximate surface area is 343 Å². The van der Waals surface area contributed by atoms with Crippen LogP contribution in [0.1, 0.15) is 0 Å². The van der Waals surface area contributed by atoms with Crippen molar-refractivity contribution in [2.45, 2.75) is 0 Å². The van der Waals surface area contributed by atoms with Crippen molar-refractivity contribution in [1.82, 2.24) is 19.1 Å². The van der Waals surface area contributed by atoms with E-state index in [1.54, 1.807) is 0 Å². The molecule has 4 nitrogen and oxygen atoms in total. The zero-order valence-electron chi connectivity index (χ0n) is 32.3. The molecule has 0 saturated carbocycles. The van der Waals surface area contributed by atoms with E-state index >= 15 is 0 Å². The zero-order valence-corrected chi connectivity index (χ0v) is 32.3. The monoisotopic (exact) mass is 760 g/mol. The van der Waals surface area contributed by atoms with Crippen LogP contribution in [0.5, 0.6) is 0 Å². The van der Waals surface area contributed by atoms with Gasteiger partial charge in [0, 0.05) is 43.6 Å². The van der Waals surface area contributed by atoms with Crippen molar-refractivity contribution in [1.29, 1.82) is 0 Å². The first-order valence-electron chi connectivity index (χ1n) is 20.6. The standard InChI is InChI=1S/C56H32N4/c1-3-15-37-33(13-1)25-26-35-27-28-36(31-44(35)37)53-56(58-54-38-16-4-2-14-34(38)29-30-46(54)57-53)60-49-24-12-9-21-43(49)51-50(60)32-45-41-19-8-11-23-48(41)59-47-22-10-7-18-40(47)39-17-5-6-20-42(39)52(51)55(45)59/h1-32H. The third-order valence-electron chi connectivity index (χ3n) is 13.0. The molecule has 4 heterocycles. The van der Waals surface area contributed by atoms with Gasteiger partial charge >= 0.3 is 0 Å². The average Bonchev–Trinajstić information content (AvgIpc) is 3.78. The van der Waals surface area contributed by atoms with Gasteiger partial charge in [-0.15, -0.1) is 0 Å². The van der Waals surface area contributed by atoms with Crippen molar-refractivity contribution < 1.29 is 0 Å². The zero-order chi connectivity index (χ0) is 39.1. The molecule has 14 rings (SSSR count). The number of aromatic nitrogens is 4. The molecule has 1 aliphatic heterocycles. The van der Waals surface area contributed by atoms with Crippen LogP contribution in [0.25, 0.3) is 132 Å². The van der Waals surface area contributed by atoms with Crippen LogP contribution in [0.15, 0.2) is 194 Å². The second-order valence-electron chi connectivity index (χ2n) is 16.1. The highest BCUT2D eigenvalue weighted by Crippen LogP contribution is 2.52. The first-order valence-corrected chi connectivity index (χ1v) is 20.6. The SMILES string of the molecule is c1ccc2c(c1)-c1ccccc1-n1c3ccccc3c3cc4c(c-2c31)c1ccccc1n4-c1nc2c(ccc3ccccc32)nc1-c1ccc2ccc3ccccc3c2c1. The molecule has 0 saturated heterocycles. The van der Waals surface area contributed by atoms with Crippen molar-refractivity contribution in [2.24, 2.45) is 0 Å². The highest BCUT2D eigenvalue weighted by atomic mass is 15.1. The highest BCUT2D eigenvalue weighted by Gasteiger charge is 2.30. The van der Waals surface area contributed by atoms with E-state index in [2.05, 4.69) is 203 Å². The van der Waals surface area contributed by atoms with Gasteiger partial charge in [-0.25, -0.2) is 9.97 Å². The molecule has 13 aromatic rings. The fraction of sp³-hybridized carbons (Fsp3) is 0. The van der Waals surface area contributed by atoms with E-state index in [-0.39, 0.29) is 0 Å². The molecule has 0 amide bonds. The number of nitrogens with zero attached hydrogens (tertiary/aromatic N) is 4. The molecule has 0 N–H and O–H groups in total. The second-order valence-corrected chi connectivity index (χ2v) is 16.1. The lowest BCUT2D eigenvalue weighted by atomic mass is 9.91. The smallest absolute Gasteiger partial charge is 0.165 e. The van der Waals surface area contributed by atoms with Gasteiger partial charge in [0.15, 0.2) is 5.82 Å². The molecule has 0 bridgehead atoms. The Morgan fingerprint density at radius 2 is 0.967 bits per heavy atom. The van der Waals surface area contributed by atoms with Crippen LogP contribution in [0.4, 0.5) is 0 Å². The maximum Gasteiger partial charge on any atom is 0.165 e. The van der Waals surface area contributed by atoms with E-state index in [9.17, 15) is 0 Å². The minimum Gasteiger partial charge on any atom is -0.308 e. The Bertz CT molecular complexity index is 4020. The number of hydrogen-bond acceptors (Lipinski definition) is 2. The van der Waals surface area contributed by atoms with Gasteiger partial charge < -0.3 is 4.57 Å². The van der Waals surface area contributed by atoms with Crippen LogP contribution in [-0.2, 0) is 0 Å². The predicted molar refractivity (Wildman–Crippen MR) is 251 cm³/mol. The summed E-state index contributed by atoms with van der Waals surface area (Å²) in [5.41, 5.74) is 14.3. The van der Waals surface area contributed by atoms with E-state index < -0.39 is 0 Å². The highest BCUT2D eigenvalue weighted by molar-refractivity contribution is 6.28. The van der Waals surface area contributed by atoms with Crippen molar-refractivity contribution >= 4 is 87.0 Å². The molecular weight excluding hydrogens is 729 g/mol. The first kappa shape index (κ1) is 31.9. The molecule has 1 aliphatic rings. The van der Waals surface area contributed by atoms with E-state index in [4.69, 9.17) is 9.97 Å². The summed E-state index contributed by atoms with van der Waals surface area (Å²) in [7, 11) is 0. The summed E-state index contributed by atoms with van der Waals surface area (Å²) in [6, 6.07) is 70.7. The van der Waals surface area contributed by atoms with Gasteiger partial charge in [-0.1, -0.05) is 158 Å². The molecule has 3 aromatic heterocycles. The topological polar surface area (TPSA) is 35.6 Å². The molecule has 60 heavy (non-hydrogen) atoms. The summed E-state index contributed by atoms with van der Waals surface area (Å²) in [5, 5.41) is 11.9. The number of fused-ring (bicyclic) bond motifs is 18. The Hall–Kier alpha value is -8.08. The number of rotatable bonds is 2. The van der Waals surface area contributed by atoms with Crippen LogP contribution in [0.3, 0.4) is 0 Å².